The molecule has 0 aromatic heterocycles. The van der Waals surface area contributed by atoms with E-state index in [9.17, 15) is 9.59 Å². The van der Waals surface area contributed by atoms with Crippen molar-refractivity contribution in [1.82, 2.24) is 10.2 Å². The van der Waals surface area contributed by atoms with Gasteiger partial charge in [0.25, 0.3) is 0 Å². The molecule has 0 bridgehead atoms. The lowest BCUT2D eigenvalue weighted by Crippen LogP contribution is -2.52. The number of ether oxygens (including phenoxy) is 2. The van der Waals surface area contributed by atoms with E-state index in [4.69, 9.17) is 9.47 Å². The Morgan fingerprint density at radius 3 is 2.05 bits per heavy atom. The Morgan fingerprint density at radius 2 is 1.59 bits per heavy atom. The highest BCUT2D eigenvalue weighted by atomic mass is 16.6. The van der Waals surface area contributed by atoms with E-state index in [2.05, 4.69) is 5.32 Å². The largest absolute Gasteiger partial charge is 0.444 e. The summed E-state index contributed by atoms with van der Waals surface area (Å²) in [5.41, 5.74) is -1.00. The molecule has 6 heteroatoms. The molecule has 0 aromatic rings. The second-order valence-electron chi connectivity index (χ2n) is 7.89. The van der Waals surface area contributed by atoms with E-state index >= 15 is 0 Å². The summed E-state index contributed by atoms with van der Waals surface area (Å²) < 4.78 is 10.7. The SMILES string of the molecule is C[C@@H]1C[C@H](NC(=O)OC(C)(C)C)CCN1C(=O)OC(C)(C)C. The lowest BCUT2D eigenvalue weighted by molar-refractivity contribution is 0.00842. The Balaban J connectivity index is 2.49. The topological polar surface area (TPSA) is 67.9 Å². The first kappa shape index (κ1) is 18.6. The maximum Gasteiger partial charge on any atom is 0.410 e. The van der Waals surface area contributed by atoms with Gasteiger partial charge in [-0.3, -0.25) is 0 Å². The molecule has 1 rings (SSSR count). The van der Waals surface area contributed by atoms with Crippen molar-refractivity contribution in [2.24, 2.45) is 0 Å². The summed E-state index contributed by atoms with van der Waals surface area (Å²) in [5, 5.41) is 2.87. The Hall–Kier alpha value is -1.46. The van der Waals surface area contributed by atoms with Crippen LogP contribution in [0.4, 0.5) is 9.59 Å². The predicted octanol–water partition coefficient (Wildman–Crippen LogP) is 3.30. The third-order valence-corrected chi connectivity index (χ3v) is 3.23. The van der Waals surface area contributed by atoms with Crippen LogP contribution in [-0.4, -0.2) is 46.9 Å². The van der Waals surface area contributed by atoms with Crippen LogP contribution in [-0.2, 0) is 9.47 Å². The number of alkyl carbamates (subject to hydrolysis) is 1. The summed E-state index contributed by atoms with van der Waals surface area (Å²) >= 11 is 0. The van der Waals surface area contributed by atoms with Gasteiger partial charge < -0.3 is 19.7 Å². The number of amides is 2. The zero-order chi connectivity index (χ0) is 17.1. The molecule has 1 aliphatic heterocycles. The van der Waals surface area contributed by atoms with Gasteiger partial charge in [-0.25, -0.2) is 9.59 Å². The molecule has 0 radical (unpaired) electrons. The molecule has 1 saturated heterocycles. The van der Waals surface area contributed by atoms with Crippen molar-refractivity contribution in [3.8, 4) is 0 Å². The molecule has 1 heterocycles. The maximum atomic E-state index is 12.1. The lowest BCUT2D eigenvalue weighted by atomic mass is 9.99. The van der Waals surface area contributed by atoms with Gasteiger partial charge in [0.05, 0.1) is 0 Å². The Labute approximate surface area is 133 Å². The molecule has 1 aliphatic rings. The van der Waals surface area contributed by atoms with Crippen molar-refractivity contribution < 1.29 is 19.1 Å². The number of nitrogens with zero attached hydrogens (tertiary/aromatic N) is 1. The van der Waals surface area contributed by atoms with E-state index < -0.39 is 17.3 Å². The van der Waals surface area contributed by atoms with Crippen molar-refractivity contribution >= 4 is 12.2 Å². The Morgan fingerprint density at radius 1 is 1.05 bits per heavy atom. The fourth-order valence-corrected chi connectivity index (χ4v) is 2.37. The molecular formula is C16H30N2O4. The highest BCUT2D eigenvalue weighted by Gasteiger charge is 2.32. The normalized spacial score (nSPS) is 23.0. The van der Waals surface area contributed by atoms with Crippen LogP contribution in [0.2, 0.25) is 0 Å². The minimum Gasteiger partial charge on any atom is -0.444 e. The molecule has 0 aliphatic carbocycles. The van der Waals surface area contributed by atoms with Crippen LogP contribution in [0.1, 0.15) is 61.3 Å². The molecule has 0 spiro atoms. The highest BCUT2D eigenvalue weighted by molar-refractivity contribution is 5.69. The maximum absolute atomic E-state index is 12.1. The first-order valence-electron chi connectivity index (χ1n) is 7.86. The summed E-state index contributed by atoms with van der Waals surface area (Å²) in [4.78, 5) is 25.7. The van der Waals surface area contributed by atoms with E-state index in [0.29, 0.717) is 19.4 Å². The summed E-state index contributed by atoms with van der Waals surface area (Å²) in [6.45, 7) is 13.6. The van der Waals surface area contributed by atoms with Crippen LogP contribution in [0.3, 0.4) is 0 Å². The van der Waals surface area contributed by atoms with E-state index in [-0.39, 0.29) is 18.2 Å². The molecule has 6 nitrogen and oxygen atoms in total. The summed E-state index contributed by atoms with van der Waals surface area (Å²) in [6, 6.07) is 0.0343. The summed E-state index contributed by atoms with van der Waals surface area (Å²) in [7, 11) is 0. The molecule has 1 N–H and O–H groups in total. The van der Waals surface area contributed by atoms with E-state index in [1.54, 1.807) is 4.90 Å². The van der Waals surface area contributed by atoms with Crippen molar-refractivity contribution in [2.75, 3.05) is 6.54 Å². The number of carbonyl (C=O) groups is 2. The number of likely N-dealkylation sites (tertiary alicyclic amines) is 1. The van der Waals surface area contributed by atoms with E-state index in [1.807, 2.05) is 48.5 Å². The van der Waals surface area contributed by atoms with Crippen LogP contribution in [0, 0.1) is 0 Å². The van der Waals surface area contributed by atoms with Gasteiger partial charge in [-0.15, -0.1) is 0 Å². The highest BCUT2D eigenvalue weighted by Crippen LogP contribution is 2.21. The van der Waals surface area contributed by atoms with Gasteiger partial charge in [-0.2, -0.15) is 0 Å². The van der Waals surface area contributed by atoms with Gasteiger partial charge in [0.2, 0.25) is 0 Å². The second kappa shape index (κ2) is 6.75. The predicted molar refractivity (Wildman–Crippen MR) is 84.8 cm³/mol. The standard InChI is InChI=1S/C16H30N2O4/c1-11-10-12(17-13(19)21-15(2,3)4)8-9-18(11)14(20)22-16(5,6)7/h11-12H,8-10H2,1-7H3,(H,17,19)/t11-,12-/m1/s1. The average Bonchev–Trinajstić information content (AvgIpc) is 2.23. The van der Waals surface area contributed by atoms with Gasteiger partial charge in [-0.05, 0) is 61.3 Å². The Bertz CT molecular complexity index is 409. The molecule has 1 fully saturated rings. The molecule has 0 aromatic carbocycles. The molecule has 22 heavy (non-hydrogen) atoms. The minimum atomic E-state index is -0.507. The van der Waals surface area contributed by atoms with Crippen molar-refractivity contribution in [2.45, 2.75) is 84.6 Å². The number of carbonyl (C=O) groups excluding carboxylic acids is 2. The number of hydrogen-bond acceptors (Lipinski definition) is 4. The Kier molecular flexibility index (Phi) is 5.70. The van der Waals surface area contributed by atoms with Crippen LogP contribution >= 0.6 is 0 Å². The average molecular weight is 314 g/mol. The molecule has 2 atom stereocenters. The second-order valence-corrected chi connectivity index (χ2v) is 7.89. The van der Waals surface area contributed by atoms with Crippen molar-refractivity contribution in [3.05, 3.63) is 0 Å². The van der Waals surface area contributed by atoms with Crippen LogP contribution in [0.5, 0.6) is 0 Å². The van der Waals surface area contributed by atoms with Crippen LogP contribution < -0.4 is 5.32 Å². The summed E-state index contributed by atoms with van der Waals surface area (Å²) in [6.07, 6.45) is 0.688. The fraction of sp³-hybridized carbons (Fsp3) is 0.875. The monoisotopic (exact) mass is 314 g/mol. The van der Waals surface area contributed by atoms with Gasteiger partial charge in [0, 0.05) is 18.6 Å². The molecule has 0 unspecified atom stereocenters. The van der Waals surface area contributed by atoms with Gasteiger partial charge >= 0.3 is 12.2 Å². The third-order valence-electron chi connectivity index (χ3n) is 3.23. The molecular weight excluding hydrogens is 284 g/mol. The quantitative estimate of drug-likeness (QED) is 0.806. The van der Waals surface area contributed by atoms with E-state index in [1.165, 1.54) is 0 Å². The smallest absolute Gasteiger partial charge is 0.410 e. The van der Waals surface area contributed by atoms with Crippen LogP contribution in [0.15, 0.2) is 0 Å². The molecule has 128 valence electrons. The number of hydrogen-bond donors (Lipinski definition) is 1. The first-order chi connectivity index (χ1) is 9.87. The zero-order valence-electron chi connectivity index (χ0n) is 14.9. The number of nitrogens with one attached hydrogen (secondary N) is 1. The number of rotatable bonds is 1. The van der Waals surface area contributed by atoms with Crippen molar-refractivity contribution in [3.63, 3.8) is 0 Å². The van der Waals surface area contributed by atoms with Crippen LogP contribution in [0.25, 0.3) is 0 Å². The number of piperidine rings is 1. The molecule has 0 saturated carbocycles. The van der Waals surface area contributed by atoms with E-state index in [0.717, 1.165) is 0 Å². The van der Waals surface area contributed by atoms with Gasteiger partial charge in [0.1, 0.15) is 11.2 Å². The zero-order valence-corrected chi connectivity index (χ0v) is 14.9. The third kappa shape index (κ3) is 6.54. The summed E-state index contributed by atoms with van der Waals surface area (Å²) in [5.74, 6) is 0. The van der Waals surface area contributed by atoms with Crippen molar-refractivity contribution in [1.29, 1.82) is 0 Å². The molecule has 2 amide bonds. The van der Waals surface area contributed by atoms with Gasteiger partial charge in [-0.1, -0.05) is 0 Å². The van der Waals surface area contributed by atoms with Gasteiger partial charge in [0.15, 0.2) is 0 Å². The minimum absolute atomic E-state index is 0.0172. The first-order valence-corrected chi connectivity index (χ1v) is 7.86. The fourth-order valence-electron chi connectivity index (χ4n) is 2.37. The lowest BCUT2D eigenvalue weighted by Gasteiger charge is -2.38.